The predicted octanol–water partition coefficient (Wildman–Crippen LogP) is 4.11. The standard InChI is InChI=1S/C13H8ClNOS/c14-8-3-4-9-10(7-15-11(9)6-8)13(16)12-2-1-5-17-12/h1-7,15H. The van der Waals surface area contributed by atoms with Crippen molar-refractivity contribution in [2.24, 2.45) is 0 Å². The highest BCUT2D eigenvalue weighted by Crippen LogP contribution is 2.25. The van der Waals surface area contributed by atoms with Gasteiger partial charge in [-0.2, -0.15) is 0 Å². The molecule has 0 fully saturated rings. The first-order chi connectivity index (χ1) is 8.25. The van der Waals surface area contributed by atoms with Gasteiger partial charge in [-0.05, 0) is 23.6 Å². The number of H-pyrrole nitrogens is 1. The van der Waals surface area contributed by atoms with Crippen LogP contribution in [-0.2, 0) is 0 Å². The highest BCUT2D eigenvalue weighted by molar-refractivity contribution is 7.12. The molecule has 84 valence electrons. The Kier molecular flexibility index (Phi) is 2.50. The molecule has 0 atom stereocenters. The van der Waals surface area contributed by atoms with Crippen molar-refractivity contribution in [1.82, 2.24) is 4.98 Å². The van der Waals surface area contributed by atoms with Crippen LogP contribution in [0.15, 0.2) is 41.9 Å². The van der Waals surface area contributed by atoms with Gasteiger partial charge in [-0.1, -0.05) is 23.7 Å². The quantitative estimate of drug-likeness (QED) is 0.692. The van der Waals surface area contributed by atoms with Crippen LogP contribution in [0.25, 0.3) is 10.9 Å². The van der Waals surface area contributed by atoms with E-state index >= 15 is 0 Å². The molecule has 0 aliphatic rings. The van der Waals surface area contributed by atoms with Crippen molar-refractivity contribution in [1.29, 1.82) is 0 Å². The monoisotopic (exact) mass is 261 g/mol. The Balaban J connectivity index is 2.15. The Bertz CT molecular complexity index is 685. The van der Waals surface area contributed by atoms with Crippen LogP contribution in [0, 0.1) is 0 Å². The largest absolute Gasteiger partial charge is 0.360 e. The zero-order chi connectivity index (χ0) is 11.8. The van der Waals surface area contributed by atoms with Crippen molar-refractivity contribution < 1.29 is 4.79 Å². The average molecular weight is 262 g/mol. The molecule has 0 amide bonds. The van der Waals surface area contributed by atoms with Crippen LogP contribution < -0.4 is 0 Å². The van der Waals surface area contributed by atoms with Crippen LogP contribution >= 0.6 is 22.9 Å². The first-order valence-corrected chi connectivity index (χ1v) is 6.36. The number of halogens is 1. The second-order valence-electron chi connectivity index (χ2n) is 3.70. The van der Waals surface area contributed by atoms with Gasteiger partial charge in [0.2, 0.25) is 5.78 Å². The van der Waals surface area contributed by atoms with Crippen molar-refractivity contribution in [3.8, 4) is 0 Å². The maximum absolute atomic E-state index is 12.2. The summed E-state index contributed by atoms with van der Waals surface area (Å²) >= 11 is 7.36. The van der Waals surface area contributed by atoms with E-state index in [9.17, 15) is 4.79 Å². The molecular formula is C13H8ClNOS. The van der Waals surface area contributed by atoms with E-state index in [0.717, 1.165) is 15.8 Å². The lowest BCUT2D eigenvalue weighted by Gasteiger charge is -1.96. The number of hydrogen-bond donors (Lipinski definition) is 1. The van der Waals surface area contributed by atoms with E-state index in [1.807, 2.05) is 29.6 Å². The normalized spacial score (nSPS) is 10.9. The average Bonchev–Trinajstić information content (AvgIpc) is 2.96. The lowest BCUT2D eigenvalue weighted by molar-refractivity contribution is 0.104. The number of hydrogen-bond acceptors (Lipinski definition) is 2. The number of rotatable bonds is 2. The zero-order valence-corrected chi connectivity index (χ0v) is 10.3. The van der Waals surface area contributed by atoms with Gasteiger partial charge in [0.15, 0.2) is 0 Å². The van der Waals surface area contributed by atoms with E-state index in [4.69, 9.17) is 11.6 Å². The molecule has 0 radical (unpaired) electrons. The summed E-state index contributed by atoms with van der Waals surface area (Å²) in [6.45, 7) is 0. The number of thiophene rings is 1. The van der Waals surface area contributed by atoms with Gasteiger partial charge in [0.1, 0.15) is 0 Å². The van der Waals surface area contributed by atoms with Crippen LogP contribution in [0.3, 0.4) is 0 Å². The zero-order valence-electron chi connectivity index (χ0n) is 8.74. The highest BCUT2D eigenvalue weighted by Gasteiger charge is 2.14. The number of carbonyl (C=O) groups excluding carboxylic acids is 1. The SMILES string of the molecule is O=C(c1cccs1)c1c[nH]c2cc(Cl)ccc12. The summed E-state index contributed by atoms with van der Waals surface area (Å²) in [7, 11) is 0. The molecule has 2 aromatic heterocycles. The van der Waals surface area contributed by atoms with Gasteiger partial charge in [0.05, 0.1) is 4.88 Å². The van der Waals surface area contributed by atoms with Crippen LogP contribution in [-0.4, -0.2) is 10.8 Å². The molecule has 3 rings (SSSR count). The fourth-order valence-electron chi connectivity index (χ4n) is 1.83. The molecule has 0 unspecified atom stereocenters. The van der Waals surface area contributed by atoms with Crippen LogP contribution in [0.5, 0.6) is 0 Å². The van der Waals surface area contributed by atoms with Gasteiger partial charge in [-0.15, -0.1) is 11.3 Å². The van der Waals surface area contributed by atoms with E-state index in [1.54, 1.807) is 12.3 Å². The van der Waals surface area contributed by atoms with Gasteiger partial charge in [-0.25, -0.2) is 0 Å². The van der Waals surface area contributed by atoms with Crippen molar-refractivity contribution >= 4 is 39.6 Å². The fourth-order valence-corrected chi connectivity index (χ4v) is 2.68. The number of benzene rings is 1. The number of ketones is 1. The van der Waals surface area contributed by atoms with E-state index in [2.05, 4.69) is 4.98 Å². The molecular weight excluding hydrogens is 254 g/mol. The number of nitrogens with one attached hydrogen (secondary N) is 1. The minimum absolute atomic E-state index is 0.0496. The number of fused-ring (bicyclic) bond motifs is 1. The summed E-state index contributed by atoms with van der Waals surface area (Å²) < 4.78 is 0. The van der Waals surface area contributed by atoms with Gasteiger partial charge >= 0.3 is 0 Å². The van der Waals surface area contributed by atoms with Gasteiger partial charge < -0.3 is 4.98 Å². The molecule has 0 bridgehead atoms. The number of carbonyl (C=O) groups is 1. The van der Waals surface area contributed by atoms with Crippen molar-refractivity contribution in [2.75, 3.05) is 0 Å². The molecule has 0 spiro atoms. The molecule has 2 nitrogen and oxygen atoms in total. The lowest BCUT2D eigenvalue weighted by Crippen LogP contribution is -1.96. The third kappa shape index (κ3) is 1.77. The maximum atomic E-state index is 12.2. The van der Waals surface area contributed by atoms with E-state index in [0.29, 0.717) is 10.6 Å². The first-order valence-electron chi connectivity index (χ1n) is 5.10. The number of aromatic amines is 1. The summed E-state index contributed by atoms with van der Waals surface area (Å²) in [6, 6.07) is 9.20. The van der Waals surface area contributed by atoms with Crippen molar-refractivity contribution in [3.05, 3.63) is 57.4 Å². The molecule has 1 N–H and O–H groups in total. The summed E-state index contributed by atoms with van der Waals surface area (Å²) in [5, 5.41) is 3.47. The molecule has 1 aromatic carbocycles. The second kappa shape index (κ2) is 4.02. The Morgan fingerprint density at radius 2 is 2.18 bits per heavy atom. The summed E-state index contributed by atoms with van der Waals surface area (Å²) in [5.41, 5.74) is 1.58. The molecule has 3 aromatic rings. The minimum Gasteiger partial charge on any atom is -0.360 e. The summed E-state index contributed by atoms with van der Waals surface area (Å²) in [5.74, 6) is 0.0496. The highest BCUT2D eigenvalue weighted by atomic mass is 35.5. The predicted molar refractivity (Wildman–Crippen MR) is 71.1 cm³/mol. The third-order valence-electron chi connectivity index (χ3n) is 2.63. The Hall–Kier alpha value is -1.58. The van der Waals surface area contributed by atoms with Crippen molar-refractivity contribution in [3.63, 3.8) is 0 Å². The van der Waals surface area contributed by atoms with Crippen LogP contribution in [0.2, 0.25) is 5.02 Å². The van der Waals surface area contributed by atoms with Gasteiger partial charge in [0, 0.05) is 27.7 Å². The second-order valence-corrected chi connectivity index (χ2v) is 5.08. The Labute approximate surface area is 107 Å². The molecule has 0 aliphatic heterocycles. The lowest BCUT2D eigenvalue weighted by atomic mass is 10.1. The smallest absolute Gasteiger partial charge is 0.205 e. The summed E-state index contributed by atoms with van der Waals surface area (Å²) in [4.78, 5) is 16.0. The topological polar surface area (TPSA) is 32.9 Å². The van der Waals surface area contributed by atoms with Gasteiger partial charge in [0.25, 0.3) is 0 Å². The first kappa shape index (κ1) is 10.6. The Morgan fingerprint density at radius 1 is 1.29 bits per heavy atom. The minimum atomic E-state index is 0.0496. The summed E-state index contributed by atoms with van der Waals surface area (Å²) in [6.07, 6.45) is 1.74. The van der Waals surface area contributed by atoms with Crippen LogP contribution in [0.4, 0.5) is 0 Å². The molecule has 0 saturated carbocycles. The molecule has 2 heterocycles. The number of aromatic nitrogens is 1. The molecule has 0 aliphatic carbocycles. The molecule has 4 heteroatoms. The fraction of sp³-hybridized carbons (Fsp3) is 0. The third-order valence-corrected chi connectivity index (χ3v) is 3.74. The van der Waals surface area contributed by atoms with Crippen LogP contribution in [0.1, 0.15) is 15.2 Å². The maximum Gasteiger partial charge on any atom is 0.205 e. The van der Waals surface area contributed by atoms with Crippen molar-refractivity contribution in [2.45, 2.75) is 0 Å². The molecule has 17 heavy (non-hydrogen) atoms. The van der Waals surface area contributed by atoms with Gasteiger partial charge in [-0.3, -0.25) is 4.79 Å². The Morgan fingerprint density at radius 3 is 2.94 bits per heavy atom. The molecule has 0 saturated heterocycles. The van der Waals surface area contributed by atoms with E-state index in [1.165, 1.54) is 11.3 Å². The van der Waals surface area contributed by atoms with E-state index < -0.39 is 0 Å². The van der Waals surface area contributed by atoms with E-state index in [-0.39, 0.29) is 5.78 Å².